The SMILES string of the molecule is N=C(N)c1c(Br)cccc1Sc1ccccc1Br. The van der Waals surface area contributed by atoms with Crippen molar-refractivity contribution >= 4 is 49.5 Å². The summed E-state index contributed by atoms with van der Waals surface area (Å²) in [5.41, 5.74) is 6.37. The minimum absolute atomic E-state index is 0.0667. The van der Waals surface area contributed by atoms with Gasteiger partial charge < -0.3 is 5.73 Å². The van der Waals surface area contributed by atoms with Gasteiger partial charge in [-0.05, 0) is 56.1 Å². The number of hydrogen-bond acceptors (Lipinski definition) is 2. The first kappa shape index (κ1) is 13.6. The Kier molecular flexibility index (Phi) is 4.48. The molecule has 2 aromatic rings. The molecule has 92 valence electrons. The number of halogens is 2. The van der Waals surface area contributed by atoms with Crippen LogP contribution in [0.3, 0.4) is 0 Å². The molecule has 2 aromatic carbocycles. The monoisotopic (exact) mass is 384 g/mol. The number of nitrogens with two attached hydrogens (primary N) is 1. The van der Waals surface area contributed by atoms with Crippen molar-refractivity contribution in [2.24, 2.45) is 5.73 Å². The maximum Gasteiger partial charge on any atom is 0.125 e. The summed E-state index contributed by atoms with van der Waals surface area (Å²) in [6.07, 6.45) is 0. The van der Waals surface area contributed by atoms with E-state index in [1.54, 1.807) is 11.8 Å². The van der Waals surface area contributed by atoms with E-state index in [2.05, 4.69) is 31.9 Å². The van der Waals surface area contributed by atoms with Crippen LogP contribution in [-0.4, -0.2) is 5.84 Å². The Morgan fingerprint density at radius 3 is 2.22 bits per heavy atom. The van der Waals surface area contributed by atoms with Crippen LogP contribution in [0.4, 0.5) is 0 Å². The molecule has 0 spiro atoms. The molecule has 0 aromatic heterocycles. The smallest absolute Gasteiger partial charge is 0.125 e. The van der Waals surface area contributed by atoms with Gasteiger partial charge in [0.2, 0.25) is 0 Å². The molecule has 3 N–H and O–H groups in total. The van der Waals surface area contributed by atoms with E-state index >= 15 is 0 Å². The number of amidine groups is 1. The fraction of sp³-hybridized carbons (Fsp3) is 0. The average Bonchev–Trinajstić information content (AvgIpc) is 2.31. The van der Waals surface area contributed by atoms with Crippen molar-refractivity contribution in [3.8, 4) is 0 Å². The van der Waals surface area contributed by atoms with Crippen LogP contribution in [0.1, 0.15) is 5.56 Å². The third-order valence-corrected chi connectivity index (χ3v) is 5.05. The van der Waals surface area contributed by atoms with Gasteiger partial charge in [-0.2, -0.15) is 0 Å². The summed E-state index contributed by atoms with van der Waals surface area (Å²) in [5, 5.41) is 7.66. The van der Waals surface area contributed by atoms with E-state index in [9.17, 15) is 0 Å². The molecule has 2 nitrogen and oxygen atoms in total. The van der Waals surface area contributed by atoms with Gasteiger partial charge in [0.15, 0.2) is 0 Å². The average molecular weight is 386 g/mol. The standard InChI is InChI=1S/C13H10Br2N2S/c14-8-4-1-2-6-10(8)18-11-7-3-5-9(15)12(11)13(16)17/h1-7H,(H3,16,17). The number of nitrogens with one attached hydrogen (secondary N) is 1. The Bertz CT molecular complexity index is 599. The molecule has 0 atom stereocenters. The van der Waals surface area contributed by atoms with Gasteiger partial charge in [0.1, 0.15) is 5.84 Å². The zero-order valence-corrected chi connectivity index (χ0v) is 13.3. The van der Waals surface area contributed by atoms with Gasteiger partial charge in [-0.1, -0.05) is 30.0 Å². The van der Waals surface area contributed by atoms with Crippen molar-refractivity contribution in [2.45, 2.75) is 9.79 Å². The van der Waals surface area contributed by atoms with Gasteiger partial charge in [-0.25, -0.2) is 0 Å². The number of rotatable bonds is 3. The maximum absolute atomic E-state index is 7.66. The van der Waals surface area contributed by atoms with E-state index in [-0.39, 0.29) is 5.84 Å². The molecule has 0 fully saturated rings. The first-order valence-corrected chi connectivity index (χ1v) is 7.55. The predicted molar refractivity (Wildman–Crippen MR) is 83.4 cm³/mol. The van der Waals surface area contributed by atoms with Gasteiger partial charge >= 0.3 is 0 Å². The Hall–Kier alpha value is -0.780. The normalized spacial score (nSPS) is 10.3. The molecule has 0 bridgehead atoms. The summed E-state index contributed by atoms with van der Waals surface area (Å²) in [6, 6.07) is 13.8. The quantitative estimate of drug-likeness (QED) is 0.596. The minimum atomic E-state index is 0.0667. The van der Waals surface area contributed by atoms with E-state index in [0.717, 1.165) is 24.3 Å². The highest BCUT2D eigenvalue weighted by molar-refractivity contribution is 9.10. The highest BCUT2D eigenvalue weighted by Gasteiger charge is 2.11. The van der Waals surface area contributed by atoms with Gasteiger partial charge in [0, 0.05) is 24.3 Å². The topological polar surface area (TPSA) is 49.9 Å². The Labute approximate surface area is 127 Å². The molecular weight excluding hydrogens is 376 g/mol. The number of nitrogen functional groups attached to an aromatic ring is 1. The van der Waals surface area contributed by atoms with Crippen LogP contribution in [-0.2, 0) is 0 Å². The largest absolute Gasteiger partial charge is 0.384 e. The Morgan fingerprint density at radius 1 is 0.944 bits per heavy atom. The zero-order chi connectivity index (χ0) is 13.1. The molecule has 0 saturated carbocycles. The highest BCUT2D eigenvalue weighted by Crippen LogP contribution is 2.37. The Morgan fingerprint density at radius 2 is 1.56 bits per heavy atom. The lowest BCUT2D eigenvalue weighted by molar-refractivity contribution is 1.31. The lowest BCUT2D eigenvalue weighted by Gasteiger charge is -2.10. The third-order valence-electron chi connectivity index (χ3n) is 2.30. The van der Waals surface area contributed by atoms with Crippen LogP contribution in [0, 0.1) is 5.41 Å². The van der Waals surface area contributed by atoms with E-state index < -0.39 is 0 Å². The van der Waals surface area contributed by atoms with E-state index in [0.29, 0.717) is 0 Å². The molecule has 0 heterocycles. The molecule has 0 amide bonds. The third kappa shape index (κ3) is 2.96. The molecular formula is C13H10Br2N2S. The second-order valence-corrected chi connectivity index (χ2v) is 6.35. The lowest BCUT2D eigenvalue weighted by Crippen LogP contribution is -2.13. The van der Waals surface area contributed by atoms with E-state index in [1.807, 2.05) is 42.5 Å². The van der Waals surface area contributed by atoms with Gasteiger partial charge in [-0.15, -0.1) is 0 Å². The van der Waals surface area contributed by atoms with Crippen LogP contribution in [0.25, 0.3) is 0 Å². The summed E-state index contributed by atoms with van der Waals surface area (Å²) >= 11 is 8.54. The molecule has 0 aliphatic rings. The Balaban J connectivity index is 2.44. The van der Waals surface area contributed by atoms with E-state index in [4.69, 9.17) is 11.1 Å². The molecule has 0 saturated heterocycles. The molecule has 0 unspecified atom stereocenters. The summed E-state index contributed by atoms with van der Waals surface area (Å²) in [7, 11) is 0. The summed E-state index contributed by atoms with van der Waals surface area (Å²) in [6.45, 7) is 0. The van der Waals surface area contributed by atoms with Crippen molar-refractivity contribution < 1.29 is 0 Å². The summed E-state index contributed by atoms with van der Waals surface area (Å²) in [5.74, 6) is 0.0667. The second-order valence-electron chi connectivity index (χ2n) is 3.56. The van der Waals surface area contributed by atoms with Crippen molar-refractivity contribution in [1.29, 1.82) is 5.41 Å². The fourth-order valence-corrected chi connectivity index (χ4v) is 3.75. The number of benzene rings is 2. The molecule has 0 radical (unpaired) electrons. The van der Waals surface area contributed by atoms with Crippen molar-refractivity contribution in [3.05, 3.63) is 57.0 Å². The predicted octanol–water partition coefficient (Wildman–Crippen LogP) is 4.65. The molecule has 5 heteroatoms. The van der Waals surface area contributed by atoms with Crippen LogP contribution < -0.4 is 5.73 Å². The van der Waals surface area contributed by atoms with Crippen LogP contribution in [0.2, 0.25) is 0 Å². The zero-order valence-electron chi connectivity index (χ0n) is 9.28. The van der Waals surface area contributed by atoms with Crippen LogP contribution in [0.5, 0.6) is 0 Å². The summed E-state index contributed by atoms with van der Waals surface area (Å²) in [4.78, 5) is 2.06. The van der Waals surface area contributed by atoms with Gasteiger partial charge in [-0.3, -0.25) is 5.41 Å². The summed E-state index contributed by atoms with van der Waals surface area (Å²) < 4.78 is 1.87. The van der Waals surface area contributed by atoms with Crippen molar-refractivity contribution in [1.82, 2.24) is 0 Å². The number of hydrogen-bond donors (Lipinski definition) is 2. The van der Waals surface area contributed by atoms with Crippen LogP contribution >= 0.6 is 43.6 Å². The molecule has 0 aliphatic heterocycles. The van der Waals surface area contributed by atoms with Gasteiger partial charge in [0.05, 0.1) is 0 Å². The molecule has 18 heavy (non-hydrogen) atoms. The maximum atomic E-state index is 7.66. The highest BCUT2D eigenvalue weighted by atomic mass is 79.9. The van der Waals surface area contributed by atoms with Gasteiger partial charge in [0.25, 0.3) is 0 Å². The van der Waals surface area contributed by atoms with Crippen molar-refractivity contribution in [3.63, 3.8) is 0 Å². The van der Waals surface area contributed by atoms with Crippen LogP contribution in [0.15, 0.2) is 61.2 Å². The minimum Gasteiger partial charge on any atom is -0.384 e. The van der Waals surface area contributed by atoms with E-state index in [1.165, 1.54) is 0 Å². The first-order valence-electron chi connectivity index (χ1n) is 5.15. The molecule has 0 aliphatic carbocycles. The second kappa shape index (κ2) is 5.91. The van der Waals surface area contributed by atoms with Crippen molar-refractivity contribution in [2.75, 3.05) is 0 Å². The molecule has 2 rings (SSSR count). The first-order chi connectivity index (χ1) is 8.59. The fourth-order valence-electron chi connectivity index (χ4n) is 1.50. The lowest BCUT2D eigenvalue weighted by atomic mass is 10.2.